The lowest BCUT2D eigenvalue weighted by molar-refractivity contribution is -0.0122. The molecule has 6 nitrogen and oxygen atoms in total. The molecule has 4 rings (SSSR count). The summed E-state index contributed by atoms with van der Waals surface area (Å²) in [5.41, 5.74) is 1.51. The third kappa shape index (κ3) is 6.85. The monoisotopic (exact) mass is 571 g/mol. The molecule has 3 saturated heterocycles. The van der Waals surface area contributed by atoms with Crippen LogP contribution in [-0.4, -0.2) is 110 Å². The van der Waals surface area contributed by atoms with Gasteiger partial charge in [0, 0.05) is 70.7 Å². The van der Waals surface area contributed by atoms with Crippen LogP contribution in [0.25, 0.3) is 6.08 Å². The molecule has 3 aliphatic rings. The molecule has 1 atom stereocenters. The molecule has 0 spiro atoms. The number of halogens is 1. The molecule has 0 radical (unpaired) electrons. The fraction of sp³-hybridized carbons (Fsp3) is 0.625. The van der Waals surface area contributed by atoms with Gasteiger partial charge in [-0.15, -0.1) is 24.0 Å². The number of rotatable bonds is 6. The summed E-state index contributed by atoms with van der Waals surface area (Å²) in [6.45, 7) is 10.0. The molecule has 3 aliphatic heterocycles. The lowest BCUT2D eigenvalue weighted by Crippen LogP contribution is -2.61. The lowest BCUT2D eigenvalue weighted by Gasteiger charge is -2.44. The van der Waals surface area contributed by atoms with E-state index in [0.29, 0.717) is 0 Å². The maximum atomic E-state index is 5.60. The first-order valence-corrected chi connectivity index (χ1v) is 12.7. The Morgan fingerprint density at radius 2 is 1.88 bits per heavy atom. The van der Waals surface area contributed by atoms with Crippen LogP contribution in [0, 0.1) is 0 Å². The van der Waals surface area contributed by atoms with E-state index in [4.69, 9.17) is 4.74 Å². The van der Waals surface area contributed by atoms with Crippen LogP contribution in [0.3, 0.4) is 0 Å². The maximum Gasteiger partial charge on any atom is 0.193 e. The van der Waals surface area contributed by atoms with Gasteiger partial charge in [-0.2, -0.15) is 11.8 Å². The van der Waals surface area contributed by atoms with Crippen molar-refractivity contribution in [2.45, 2.75) is 12.0 Å². The molecule has 0 saturated carbocycles. The third-order valence-electron chi connectivity index (χ3n) is 6.70. The average molecular weight is 572 g/mol. The highest BCUT2D eigenvalue weighted by Gasteiger charge is 2.41. The zero-order valence-corrected chi connectivity index (χ0v) is 22.4. The van der Waals surface area contributed by atoms with Gasteiger partial charge in [-0.25, -0.2) is 0 Å². The zero-order chi connectivity index (χ0) is 21.4. The fourth-order valence-corrected chi connectivity index (χ4v) is 6.23. The van der Waals surface area contributed by atoms with Crippen LogP contribution < -0.4 is 5.32 Å². The molecule has 1 aromatic carbocycles. The fourth-order valence-electron chi connectivity index (χ4n) is 4.75. The SMILES string of the molecule is CN=C(NCC1(N2CCOCC2)CCSC1)N1CCN(C/C=C/c2ccccc2)CC1.I. The number of guanidine groups is 1. The molecule has 1 aromatic rings. The van der Waals surface area contributed by atoms with Crippen LogP contribution >= 0.6 is 35.7 Å². The smallest absolute Gasteiger partial charge is 0.193 e. The van der Waals surface area contributed by atoms with Crippen LogP contribution in [0.15, 0.2) is 41.4 Å². The molecule has 0 amide bonds. The maximum absolute atomic E-state index is 5.60. The molecule has 3 heterocycles. The molecule has 0 aliphatic carbocycles. The number of benzene rings is 1. The van der Waals surface area contributed by atoms with Gasteiger partial charge in [-0.05, 0) is 17.7 Å². The van der Waals surface area contributed by atoms with Crippen molar-refractivity contribution in [3.63, 3.8) is 0 Å². The summed E-state index contributed by atoms with van der Waals surface area (Å²) in [4.78, 5) is 12.2. The van der Waals surface area contributed by atoms with Gasteiger partial charge in [-0.1, -0.05) is 42.5 Å². The third-order valence-corrected chi connectivity index (χ3v) is 7.93. The number of thioether (sulfide) groups is 1. The Bertz CT molecular complexity index is 727. The van der Waals surface area contributed by atoms with Crippen LogP contribution in [0.2, 0.25) is 0 Å². The molecule has 32 heavy (non-hydrogen) atoms. The highest BCUT2D eigenvalue weighted by molar-refractivity contribution is 14.0. The van der Waals surface area contributed by atoms with E-state index in [9.17, 15) is 0 Å². The Hall–Kier alpha value is -0.810. The van der Waals surface area contributed by atoms with E-state index < -0.39 is 0 Å². The van der Waals surface area contributed by atoms with Crippen molar-refractivity contribution in [1.82, 2.24) is 20.0 Å². The lowest BCUT2D eigenvalue weighted by atomic mass is 9.95. The van der Waals surface area contributed by atoms with E-state index in [1.165, 1.54) is 23.5 Å². The summed E-state index contributed by atoms with van der Waals surface area (Å²) in [6.07, 6.45) is 5.75. The minimum absolute atomic E-state index is 0. The number of morpholine rings is 1. The normalized spacial score (nSPS) is 25.8. The summed E-state index contributed by atoms with van der Waals surface area (Å²) in [6, 6.07) is 10.5. The quantitative estimate of drug-likeness (QED) is 0.322. The highest BCUT2D eigenvalue weighted by Crippen LogP contribution is 2.33. The minimum Gasteiger partial charge on any atom is -0.379 e. The molecular formula is C24H38IN5OS. The van der Waals surface area contributed by atoms with Gasteiger partial charge in [0.15, 0.2) is 5.96 Å². The van der Waals surface area contributed by atoms with E-state index in [1.54, 1.807) is 0 Å². The molecule has 0 bridgehead atoms. The summed E-state index contributed by atoms with van der Waals surface area (Å²) in [5, 5.41) is 3.75. The van der Waals surface area contributed by atoms with Gasteiger partial charge in [0.1, 0.15) is 0 Å². The van der Waals surface area contributed by atoms with Gasteiger partial charge in [0.25, 0.3) is 0 Å². The zero-order valence-electron chi connectivity index (χ0n) is 19.2. The first kappa shape index (κ1) is 25.8. The van der Waals surface area contributed by atoms with E-state index >= 15 is 0 Å². The van der Waals surface area contributed by atoms with Gasteiger partial charge in [0.2, 0.25) is 0 Å². The van der Waals surface area contributed by atoms with E-state index in [2.05, 4.69) is 79.3 Å². The minimum atomic E-state index is 0. The highest BCUT2D eigenvalue weighted by atomic mass is 127. The topological polar surface area (TPSA) is 43.3 Å². The molecule has 1 unspecified atom stereocenters. The number of hydrogen-bond acceptors (Lipinski definition) is 5. The molecule has 3 fully saturated rings. The average Bonchev–Trinajstić information content (AvgIpc) is 3.32. The predicted molar refractivity (Wildman–Crippen MR) is 147 cm³/mol. The predicted octanol–water partition coefficient (Wildman–Crippen LogP) is 2.72. The van der Waals surface area contributed by atoms with Gasteiger partial charge >= 0.3 is 0 Å². The second-order valence-corrected chi connectivity index (χ2v) is 9.73. The van der Waals surface area contributed by atoms with Crippen molar-refractivity contribution in [3.05, 3.63) is 42.0 Å². The van der Waals surface area contributed by atoms with E-state index in [1.807, 2.05) is 7.05 Å². The van der Waals surface area contributed by atoms with Crippen molar-refractivity contribution in [3.8, 4) is 0 Å². The van der Waals surface area contributed by atoms with Crippen molar-refractivity contribution < 1.29 is 4.74 Å². The Morgan fingerprint density at radius 1 is 1.12 bits per heavy atom. The first-order valence-electron chi connectivity index (χ1n) is 11.6. The van der Waals surface area contributed by atoms with Gasteiger partial charge < -0.3 is 15.0 Å². The molecule has 0 aromatic heterocycles. The number of nitrogens with zero attached hydrogens (tertiary/aromatic N) is 4. The largest absolute Gasteiger partial charge is 0.379 e. The van der Waals surface area contributed by atoms with Gasteiger partial charge in [-0.3, -0.25) is 14.8 Å². The van der Waals surface area contributed by atoms with Crippen LogP contribution in [0.4, 0.5) is 0 Å². The Morgan fingerprint density at radius 3 is 2.53 bits per heavy atom. The van der Waals surface area contributed by atoms with E-state index in [0.717, 1.165) is 71.5 Å². The number of hydrogen-bond donors (Lipinski definition) is 1. The van der Waals surface area contributed by atoms with Gasteiger partial charge in [0.05, 0.1) is 13.2 Å². The van der Waals surface area contributed by atoms with Crippen molar-refractivity contribution >= 4 is 47.8 Å². The second kappa shape index (κ2) is 13.2. The first-order chi connectivity index (χ1) is 15.3. The van der Waals surface area contributed by atoms with Crippen molar-refractivity contribution in [1.29, 1.82) is 0 Å². The summed E-state index contributed by atoms with van der Waals surface area (Å²) >= 11 is 2.09. The van der Waals surface area contributed by atoms with Crippen molar-refractivity contribution in [2.24, 2.45) is 4.99 Å². The Kier molecular flexibility index (Phi) is 10.6. The Labute approximate surface area is 214 Å². The van der Waals surface area contributed by atoms with E-state index in [-0.39, 0.29) is 29.5 Å². The summed E-state index contributed by atoms with van der Waals surface area (Å²) in [5.74, 6) is 3.52. The number of aliphatic imine (C=N–C) groups is 1. The molecule has 8 heteroatoms. The number of ether oxygens (including phenoxy) is 1. The van der Waals surface area contributed by atoms with Crippen molar-refractivity contribution in [2.75, 3.05) is 84.1 Å². The molecular weight excluding hydrogens is 533 g/mol. The van der Waals surface area contributed by atoms with Crippen LogP contribution in [-0.2, 0) is 4.74 Å². The second-order valence-electron chi connectivity index (χ2n) is 8.63. The molecule has 178 valence electrons. The Balaban J connectivity index is 0.00000289. The van der Waals surface area contributed by atoms with Crippen LogP contribution in [0.5, 0.6) is 0 Å². The standard InChI is InChI=1S/C24H37N5OS.HI/c1-25-23(26-20-24(9-19-31-21-24)29-15-17-30-18-16-29)28-13-11-27(12-14-28)10-5-8-22-6-3-2-4-7-22;/h2-8H,9-21H2,1H3,(H,25,26);1H/b8-5+;. The summed E-state index contributed by atoms with van der Waals surface area (Å²) < 4.78 is 5.60. The summed E-state index contributed by atoms with van der Waals surface area (Å²) in [7, 11) is 1.92. The molecule has 1 N–H and O–H groups in total. The van der Waals surface area contributed by atoms with Crippen LogP contribution in [0.1, 0.15) is 12.0 Å². The number of nitrogens with one attached hydrogen (secondary N) is 1. The number of piperazine rings is 1.